The minimum Gasteiger partial charge on any atom is -0.469 e. The number of carbonyl (C=O) groups is 1. The second-order valence-electron chi connectivity index (χ2n) is 5.87. The zero-order valence-electron chi connectivity index (χ0n) is 13.0. The number of carbonyl (C=O) groups excluding carboxylic acids is 1. The van der Waals surface area contributed by atoms with Crippen molar-refractivity contribution < 1.29 is 14.3 Å². The van der Waals surface area contributed by atoms with E-state index in [2.05, 4.69) is 11.4 Å². The number of esters is 1. The van der Waals surface area contributed by atoms with Gasteiger partial charge in [-0.15, -0.1) is 0 Å². The Balaban J connectivity index is 1.84. The molecule has 0 aliphatic heterocycles. The average molecular weight is 291 g/mol. The molecular formula is C17H25NO3. The molecule has 1 aromatic rings. The van der Waals surface area contributed by atoms with Gasteiger partial charge < -0.3 is 14.8 Å². The van der Waals surface area contributed by atoms with E-state index in [0.29, 0.717) is 11.8 Å². The molecule has 116 valence electrons. The van der Waals surface area contributed by atoms with Crippen molar-refractivity contribution in [3.8, 4) is 0 Å². The lowest BCUT2D eigenvalue weighted by molar-refractivity contribution is -0.139. The molecule has 1 saturated carbocycles. The molecule has 0 spiro atoms. The average Bonchev–Trinajstić information content (AvgIpc) is 3.27. The van der Waals surface area contributed by atoms with Gasteiger partial charge in [0.05, 0.1) is 13.5 Å². The van der Waals surface area contributed by atoms with Crippen LogP contribution in [0.3, 0.4) is 0 Å². The second-order valence-corrected chi connectivity index (χ2v) is 5.87. The molecule has 0 aromatic heterocycles. The van der Waals surface area contributed by atoms with Crippen LogP contribution < -0.4 is 5.32 Å². The summed E-state index contributed by atoms with van der Waals surface area (Å²) in [5.74, 6) is -0.193. The van der Waals surface area contributed by atoms with Crippen LogP contribution in [0.5, 0.6) is 0 Å². The molecule has 1 aliphatic rings. The number of rotatable bonds is 9. The smallest absolute Gasteiger partial charge is 0.309 e. The van der Waals surface area contributed by atoms with Gasteiger partial charge in [0.25, 0.3) is 0 Å². The van der Waals surface area contributed by atoms with Crippen LogP contribution in [0, 0.1) is 5.41 Å². The molecule has 0 bridgehead atoms. The SMILES string of the molecule is COCCC1(CNCc2ccccc2CC(=O)OC)CC1. The maximum atomic E-state index is 11.4. The molecule has 0 atom stereocenters. The summed E-state index contributed by atoms with van der Waals surface area (Å²) in [6.07, 6.45) is 4.03. The van der Waals surface area contributed by atoms with E-state index in [1.165, 1.54) is 25.5 Å². The van der Waals surface area contributed by atoms with Gasteiger partial charge in [-0.05, 0) is 35.8 Å². The fraction of sp³-hybridized carbons (Fsp3) is 0.588. The van der Waals surface area contributed by atoms with Crippen LogP contribution in [-0.2, 0) is 27.2 Å². The van der Waals surface area contributed by atoms with E-state index < -0.39 is 0 Å². The third kappa shape index (κ3) is 4.83. The minimum atomic E-state index is -0.193. The maximum Gasteiger partial charge on any atom is 0.309 e. The molecule has 1 N–H and O–H groups in total. The lowest BCUT2D eigenvalue weighted by Crippen LogP contribution is -2.25. The number of benzene rings is 1. The van der Waals surface area contributed by atoms with Gasteiger partial charge in [0.2, 0.25) is 0 Å². The van der Waals surface area contributed by atoms with Crippen LogP contribution >= 0.6 is 0 Å². The van der Waals surface area contributed by atoms with Crippen LogP contribution in [0.4, 0.5) is 0 Å². The predicted molar refractivity (Wildman–Crippen MR) is 82.0 cm³/mol. The zero-order chi connectivity index (χ0) is 15.1. The van der Waals surface area contributed by atoms with Crippen molar-refractivity contribution in [3.63, 3.8) is 0 Å². The van der Waals surface area contributed by atoms with Crippen molar-refractivity contribution in [1.29, 1.82) is 0 Å². The van der Waals surface area contributed by atoms with Crippen molar-refractivity contribution in [2.75, 3.05) is 27.4 Å². The Morgan fingerprint density at radius 2 is 1.95 bits per heavy atom. The van der Waals surface area contributed by atoms with Crippen molar-refractivity contribution in [3.05, 3.63) is 35.4 Å². The molecule has 1 aromatic carbocycles. The number of ether oxygens (including phenoxy) is 2. The Morgan fingerprint density at radius 1 is 1.24 bits per heavy atom. The molecule has 0 heterocycles. The molecule has 1 fully saturated rings. The Hall–Kier alpha value is -1.39. The summed E-state index contributed by atoms with van der Waals surface area (Å²) in [6, 6.07) is 8.03. The van der Waals surface area contributed by atoms with Crippen molar-refractivity contribution in [1.82, 2.24) is 5.32 Å². The molecule has 4 nitrogen and oxygen atoms in total. The first-order valence-electron chi connectivity index (χ1n) is 7.52. The lowest BCUT2D eigenvalue weighted by Gasteiger charge is -2.16. The summed E-state index contributed by atoms with van der Waals surface area (Å²) in [6.45, 7) is 2.64. The summed E-state index contributed by atoms with van der Waals surface area (Å²) in [5.41, 5.74) is 2.65. The fourth-order valence-corrected chi connectivity index (χ4v) is 2.60. The van der Waals surface area contributed by atoms with Crippen LogP contribution in [0.15, 0.2) is 24.3 Å². The van der Waals surface area contributed by atoms with Crippen molar-refractivity contribution >= 4 is 5.97 Å². The van der Waals surface area contributed by atoms with Gasteiger partial charge in [0.15, 0.2) is 0 Å². The molecule has 0 saturated heterocycles. The summed E-state index contributed by atoms with van der Waals surface area (Å²) < 4.78 is 9.93. The summed E-state index contributed by atoms with van der Waals surface area (Å²) in [5, 5.41) is 3.54. The summed E-state index contributed by atoms with van der Waals surface area (Å²) >= 11 is 0. The van der Waals surface area contributed by atoms with Crippen LogP contribution in [-0.4, -0.2) is 33.3 Å². The van der Waals surface area contributed by atoms with Crippen molar-refractivity contribution in [2.45, 2.75) is 32.2 Å². The minimum absolute atomic E-state index is 0.193. The highest BCUT2D eigenvalue weighted by atomic mass is 16.5. The predicted octanol–water partition coefficient (Wildman–Crippen LogP) is 2.31. The molecular weight excluding hydrogens is 266 g/mol. The highest BCUT2D eigenvalue weighted by Crippen LogP contribution is 2.48. The summed E-state index contributed by atoms with van der Waals surface area (Å²) in [4.78, 5) is 11.4. The van der Waals surface area contributed by atoms with Gasteiger partial charge in [-0.1, -0.05) is 24.3 Å². The molecule has 4 heteroatoms. The quantitative estimate of drug-likeness (QED) is 0.709. The van der Waals surface area contributed by atoms with E-state index in [1.54, 1.807) is 7.11 Å². The Labute approximate surface area is 126 Å². The van der Waals surface area contributed by atoms with Gasteiger partial charge in [-0.25, -0.2) is 0 Å². The van der Waals surface area contributed by atoms with E-state index >= 15 is 0 Å². The third-order valence-electron chi connectivity index (χ3n) is 4.29. The van der Waals surface area contributed by atoms with Crippen LogP contribution in [0.2, 0.25) is 0 Å². The molecule has 0 radical (unpaired) electrons. The standard InChI is InChI=1S/C17H25NO3/c1-20-10-9-17(7-8-17)13-18-12-15-6-4-3-5-14(15)11-16(19)21-2/h3-6,18H,7-13H2,1-2H3. The van der Waals surface area contributed by atoms with Crippen LogP contribution in [0.1, 0.15) is 30.4 Å². The molecule has 1 aliphatic carbocycles. The first-order valence-corrected chi connectivity index (χ1v) is 7.52. The number of nitrogens with one attached hydrogen (secondary N) is 1. The maximum absolute atomic E-state index is 11.4. The molecule has 0 amide bonds. The first-order chi connectivity index (χ1) is 10.2. The van der Waals surface area contributed by atoms with Gasteiger partial charge in [-0.2, -0.15) is 0 Å². The highest BCUT2D eigenvalue weighted by molar-refractivity contribution is 5.72. The zero-order valence-corrected chi connectivity index (χ0v) is 13.0. The van der Waals surface area contributed by atoms with Gasteiger partial charge in [-0.3, -0.25) is 4.79 Å². The topological polar surface area (TPSA) is 47.6 Å². The Morgan fingerprint density at radius 3 is 2.57 bits per heavy atom. The monoisotopic (exact) mass is 291 g/mol. The number of hydrogen-bond acceptors (Lipinski definition) is 4. The lowest BCUT2D eigenvalue weighted by atomic mass is 10.0. The molecule has 0 unspecified atom stereocenters. The van der Waals surface area contributed by atoms with Crippen LogP contribution in [0.25, 0.3) is 0 Å². The largest absolute Gasteiger partial charge is 0.469 e. The number of methoxy groups -OCH3 is 2. The molecule has 21 heavy (non-hydrogen) atoms. The van der Waals surface area contributed by atoms with Gasteiger partial charge in [0.1, 0.15) is 0 Å². The Bertz CT molecular complexity index is 469. The van der Waals surface area contributed by atoms with E-state index in [1.807, 2.05) is 18.2 Å². The van der Waals surface area contributed by atoms with E-state index in [0.717, 1.165) is 31.7 Å². The second kappa shape index (κ2) is 7.57. The van der Waals surface area contributed by atoms with E-state index in [-0.39, 0.29) is 5.97 Å². The Kier molecular flexibility index (Phi) is 5.76. The molecule has 2 rings (SSSR count). The van der Waals surface area contributed by atoms with Crippen molar-refractivity contribution in [2.24, 2.45) is 5.41 Å². The first kappa shape index (κ1) is 16.0. The van der Waals surface area contributed by atoms with E-state index in [4.69, 9.17) is 9.47 Å². The normalized spacial score (nSPS) is 15.7. The van der Waals surface area contributed by atoms with E-state index in [9.17, 15) is 4.79 Å². The summed E-state index contributed by atoms with van der Waals surface area (Å²) in [7, 11) is 3.18. The third-order valence-corrected chi connectivity index (χ3v) is 4.29. The van der Waals surface area contributed by atoms with Gasteiger partial charge in [0, 0.05) is 26.8 Å². The fourth-order valence-electron chi connectivity index (χ4n) is 2.60. The highest BCUT2D eigenvalue weighted by Gasteiger charge is 2.41. The van der Waals surface area contributed by atoms with Gasteiger partial charge >= 0.3 is 5.97 Å². The number of hydrogen-bond donors (Lipinski definition) is 1.